The summed E-state index contributed by atoms with van der Waals surface area (Å²) in [5, 5.41) is 7.05. The number of likely N-dealkylation sites (tertiary alicyclic amines) is 1. The van der Waals surface area contributed by atoms with Crippen LogP contribution in [0.5, 0.6) is 0 Å². The number of piperidine rings is 1. The fourth-order valence-corrected chi connectivity index (χ4v) is 3.30. The molecule has 4 nitrogen and oxygen atoms in total. The number of guanidine groups is 1. The maximum absolute atomic E-state index is 4.84. The molecular weight excluding hydrogens is 308 g/mol. The van der Waals surface area contributed by atoms with Crippen LogP contribution in [-0.4, -0.2) is 49.1 Å². The third-order valence-electron chi connectivity index (χ3n) is 5.11. The number of hydrogen-bond acceptors (Lipinski definition) is 2. The molecule has 0 aliphatic carbocycles. The molecule has 1 unspecified atom stereocenters. The van der Waals surface area contributed by atoms with E-state index in [0.717, 1.165) is 19.0 Å². The van der Waals surface area contributed by atoms with E-state index in [9.17, 15) is 0 Å². The summed E-state index contributed by atoms with van der Waals surface area (Å²) in [6.07, 6.45) is 2.38. The maximum atomic E-state index is 4.84. The molecule has 1 aliphatic heterocycles. The molecule has 0 saturated carbocycles. The van der Waals surface area contributed by atoms with Gasteiger partial charge in [-0.2, -0.15) is 0 Å². The number of nitrogens with zero attached hydrogens (tertiary/aromatic N) is 2. The van der Waals surface area contributed by atoms with Gasteiger partial charge in [0.1, 0.15) is 0 Å². The predicted octanol–water partition coefficient (Wildman–Crippen LogP) is 3.53. The molecule has 1 atom stereocenters. The fraction of sp³-hybridized carbons (Fsp3) is 0.667. The van der Waals surface area contributed by atoms with Crippen LogP contribution < -0.4 is 10.6 Å². The Morgan fingerprint density at radius 3 is 2.36 bits per heavy atom. The van der Waals surface area contributed by atoms with Gasteiger partial charge in [0.25, 0.3) is 0 Å². The molecule has 1 saturated heterocycles. The van der Waals surface area contributed by atoms with Crippen molar-refractivity contribution in [1.82, 2.24) is 15.5 Å². The highest BCUT2D eigenvalue weighted by atomic mass is 15.2. The predicted molar refractivity (Wildman–Crippen MR) is 108 cm³/mol. The van der Waals surface area contributed by atoms with Gasteiger partial charge in [0.05, 0.1) is 0 Å². The van der Waals surface area contributed by atoms with Crippen LogP contribution in [-0.2, 0) is 0 Å². The summed E-state index contributed by atoms with van der Waals surface area (Å²) < 4.78 is 0. The molecule has 1 fully saturated rings. The Labute approximate surface area is 154 Å². The van der Waals surface area contributed by atoms with E-state index in [1.165, 1.54) is 37.1 Å². The highest BCUT2D eigenvalue weighted by molar-refractivity contribution is 5.80. The van der Waals surface area contributed by atoms with E-state index in [1.54, 1.807) is 0 Å². The van der Waals surface area contributed by atoms with E-state index in [0.29, 0.717) is 18.0 Å². The third-order valence-corrected chi connectivity index (χ3v) is 5.11. The van der Waals surface area contributed by atoms with Crippen molar-refractivity contribution in [2.45, 2.75) is 65.5 Å². The fourth-order valence-electron chi connectivity index (χ4n) is 3.30. The number of aliphatic imine (C=N–C) groups is 1. The molecule has 4 heteroatoms. The lowest BCUT2D eigenvalue weighted by Gasteiger charge is -2.35. The van der Waals surface area contributed by atoms with Crippen LogP contribution >= 0.6 is 0 Å². The summed E-state index contributed by atoms with van der Waals surface area (Å²) in [5.74, 6) is 1.39. The SMILES string of the molecule is CCNC(=NCC(C)c1ccc(C)cc1)NC1CCN(C(C)C)CC1. The van der Waals surface area contributed by atoms with E-state index >= 15 is 0 Å². The van der Waals surface area contributed by atoms with Gasteiger partial charge >= 0.3 is 0 Å². The molecule has 0 bridgehead atoms. The van der Waals surface area contributed by atoms with Crippen molar-refractivity contribution in [3.8, 4) is 0 Å². The Kier molecular flexibility index (Phi) is 7.76. The Bertz CT molecular complexity index is 527. The Hall–Kier alpha value is -1.55. The van der Waals surface area contributed by atoms with E-state index in [1.807, 2.05) is 0 Å². The zero-order valence-corrected chi connectivity index (χ0v) is 16.7. The maximum Gasteiger partial charge on any atom is 0.191 e. The Balaban J connectivity index is 1.88. The normalized spacial score (nSPS) is 18.4. The molecule has 0 spiro atoms. The van der Waals surface area contributed by atoms with Gasteiger partial charge in [-0.3, -0.25) is 4.99 Å². The molecule has 25 heavy (non-hydrogen) atoms. The van der Waals surface area contributed by atoms with E-state index in [4.69, 9.17) is 4.99 Å². The number of rotatable bonds is 6. The van der Waals surface area contributed by atoms with E-state index in [2.05, 4.69) is 74.4 Å². The summed E-state index contributed by atoms with van der Waals surface area (Å²) in [6, 6.07) is 9.98. The molecule has 1 heterocycles. The summed E-state index contributed by atoms with van der Waals surface area (Å²) in [4.78, 5) is 7.40. The molecule has 0 amide bonds. The minimum absolute atomic E-state index is 0.429. The number of nitrogens with one attached hydrogen (secondary N) is 2. The minimum Gasteiger partial charge on any atom is -0.357 e. The monoisotopic (exact) mass is 344 g/mol. The largest absolute Gasteiger partial charge is 0.357 e. The smallest absolute Gasteiger partial charge is 0.191 e. The van der Waals surface area contributed by atoms with Crippen LogP contribution in [0.4, 0.5) is 0 Å². The average Bonchev–Trinajstić information content (AvgIpc) is 2.60. The lowest BCUT2D eigenvalue weighted by molar-refractivity contribution is 0.167. The van der Waals surface area contributed by atoms with Crippen LogP contribution in [0.15, 0.2) is 29.3 Å². The van der Waals surface area contributed by atoms with Gasteiger partial charge in [0.15, 0.2) is 5.96 Å². The van der Waals surface area contributed by atoms with Gasteiger partial charge in [-0.1, -0.05) is 36.8 Å². The Morgan fingerprint density at radius 2 is 1.80 bits per heavy atom. The first kappa shape index (κ1) is 19.8. The Morgan fingerprint density at radius 1 is 1.16 bits per heavy atom. The van der Waals surface area contributed by atoms with Gasteiger partial charge in [-0.25, -0.2) is 0 Å². The number of benzene rings is 1. The molecule has 1 aromatic carbocycles. The first-order valence-corrected chi connectivity index (χ1v) is 9.85. The second-order valence-corrected chi connectivity index (χ2v) is 7.58. The van der Waals surface area contributed by atoms with E-state index in [-0.39, 0.29) is 0 Å². The highest BCUT2D eigenvalue weighted by Gasteiger charge is 2.21. The van der Waals surface area contributed by atoms with Gasteiger partial charge in [0.2, 0.25) is 0 Å². The standard InChI is InChI=1S/C21H36N4/c1-6-22-21(24-20-11-13-25(14-12-20)16(2)3)23-15-18(5)19-9-7-17(4)8-10-19/h7-10,16,18,20H,6,11-15H2,1-5H3,(H2,22,23,24). The van der Waals surface area contributed by atoms with Gasteiger partial charge in [-0.05, 0) is 46.1 Å². The molecular formula is C21H36N4. The van der Waals surface area contributed by atoms with Crippen molar-refractivity contribution in [3.05, 3.63) is 35.4 Å². The van der Waals surface area contributed by atoms with Gasteiger partial charge < -0.3 is 15.5 Å². The van der Waals surface area contributed by atoms with Crippen molar-refractivity contribution >= 4 is 5.96 Å². The lowest BCUT2D eigenvalue weighted by Crippen LogP contribution is -2.49. The van der Waals surface area contributed by atoms with Crippen molar-refractivity contribution < 1.29 is 0 Å². The lowest BCUT2D eigenvalue weighted by atomic mass is 10.0. The second kappa shape index (κ2) is 9.81. The average molecular weight is 345 g/mol. The molecule has 2 N–H and O–H groups in total. The van der Waals surface area contributed by atoms with Crippen LogP contribution in [0, 0.1) is 6.92 Å². The van der Waals surface area contributed by atoms with Crippen molar-refractivity contribution in [3.63, 3.8) is 0 Å². The van der Waals surface area contributed by atoms with Crippen molar-refractivity contribution in [2.24, 2.45) is 4.99 Å². The van der Waals surface area contributed by atoms with Crippen LogP contribution in [0.25, 0.3) is 0 Å². The number of aryl methyl sites for hydroxylation is 1. The van der Waals surface area contributed by atoms with Gasteiger partial charge in [-0.15, -0.1) is 0 Å². The molecule has 1 aliphatic rings. The zero-order valence-electron chi connectivity index (χ0n) is 16.7. The molecule has 0 aromatic heterocycles. The number of hydrogen-bond donors (Lipinski definition) is 2. The first-order chi connectivity index (χ1) is 12.0. The summed E-state index contributed by atoms with van der Waals surface area (Å²) in [6.45, 7) is 15.1. The van der Waals surface area contributed by atoms with Crippen molar-refractivity contribution in [1.29, 1.82) is 0 Å². The second-order valence-electron chi connectivity index (χ2n) is 7.58. The summed E-state index contributed by atoms with van der Waals surface area (Å²) >= 11 is 0. The van der Waals surface area contributed by atoms with Crippen LogP contribution in [0.3, 0.4) is 0 Å². The topological polar surface area (TPSA) is 39.7 Å². The van der Waals surface area contributed by atoms with Crippen LogP contribution in [0.2, 0.25) is 0 Å². The molecule has 140 valence electrons. The molecule has 1 aromatic rings. The first-order valence-electron chi connectivity index (χ1n) is 9.85. The molecule has 2 rings (SSSR count). The van der Waals surface area contributed by atoms with Gasteiger partial charge in [0, 0.05) is 44.2 Å². The van der Waals surface area contributed by atoms with E-state index < -0.39 is 0 Å². The molecule has 0 radical (unpaired) electrons. The minimum atomic E-state index is 0.429. The third kappa shape index (κ3) is 6.35. The summed E-state index contributed by atoms with van der Waals surface area (Å²) in [5.41, 5.74) is 2.66. The zero-order chi connectivity index (χ0) is 18.2. The quantitative estimate of drug-likeness (QED) is 0.613. The summed E-state index contributed by atoms with van der Waals surface area (Å²) in [7, 11) is 0. The van der Waals surface area contributed by atoms with Crippen LogP contribution in [0.1, 0.15) is 57.6 Å². The highest BCUT2D eigenvalue weighted by Crippen LogP contribution is 2.16. The van der Waals surface area contributed by atoms with Crippen molar-refractivity contribution in [2.75, 3.05) is 26.2 Å².